The summed E-state index contributed by atoms with van der Waals surface area (Å²) in [4.78, 5) is 21.1. The number of carbonyl (C=O) groups is 2. The Kier molecular flexibility index (Phi) is 6.06. The maximum atomic E-state index is 10.9. The zero-order valence-corrected chi connectivity index (χ0v) is 7.80. The molecule has 0 saturated carbocycles. The summed E-state index contributed by atoms with van der Waals surface area (Å²) in [7, 11) is 0. The Morgan fingerprint density at radius 1 is 1.43 bits per heavy atom. The van der Waals surface area contributed by atoms with E-state index < -0.39 is 18.0 Å². The van der Waals surface area contributed by atoms with E-state index in [0.29, 0.717) is 0 Å². The number of hydrogen-bond donors (Lipinski definition) is 3. The molecule has 3 N–H and O–H groups in total. The van der Waals surface area contributed by atoms with Crippen LogP contribution in [0.25, 0.3) is 0 Å². The number of aliphatic carboxylic acids is 1. The molecule has 78 valence electrons. The van der Waals surface area contributed by atoms with Gasteiger partial charge in [-0.1, -0.05) is 18.2 Å². The van der Waals surface area contributed by atoms with Gasteiger partial charge in [0.15, 0.2) is 6.10 Å². The highest BCUT2D eigenvalue weighted by Gasteiger charge is 2.12. The molecule has 14 heavy (non-hydrogen) atoms. The van der Waals surface area contributed by atoms with Gasteiger partial charge in [-0.25, -0.2) is 4.79 Å². The van der Waals surface area contributed by atoms with Crippen molar-refractivity contribution in [1.29, 1.82) is 0 Å². The predicted molar refractivity (Wildman–Crippen MR) is 50.6 cm³/mol. The summed E-state index contributed by atoms with van der Waals surface area (Å²) in [5, 5.41) is 19.3. The topological polar surface area (TPSA) is 86.6 Å². The molecule has 5 heteroatoms. The number of carboxylic acids is 1. The van der Waals surface area contributed by atoms with Crippen molar-refractivity contribution in [3.63, 3.8) is 0 Å². The van der Waals surface area contributed by atoms with Crippen LogP contribution in [0.5, 0.6) is 0 Å². The summed E-state index contributed by atoms with van der Waals surface area (Å²) in [6.45, 7) is 1.50. The molecular formula is C9H13NO4. The highest BCUT2D eigenvalue weighted by molar-refractivity contribution is 5.88. The van der Waals surface area contributed by atoms with Gasteiger partial charge in [-0.05, 0) is 6.92 Å². The van der Waals surface area contributed by atoms with Gasteiger partial charge >= 0.3 is 5.97 Å². The maximum absolute atomic E-state index is 10.9. The van der Waals surface area contributed by atoms with Gasteiger partial charge < -0.3 is 15.5 Å². The molecule has 0 rings (SSSR count). The molecule has 5 nitrogen and oxygen atoms in total. The Morgan fingerprint density at radius 3 is 2.57 bits per heavy atom. The lowest BCUT2D eigenvalue weighted by molar-refractivity contribution is -0.146. The lowest BCUT2D eigenvalue weighted by Gasteiger charge is -2.04. The summed E-state index contributed by atoms with van der Waals surface area (Å²) >= 11 is 0. The molecule has 0 fully saturated rings. The average molecular weight is 199 g/mol. The van der Waals surface area contributed by atoms with E-state index in [0.717, 1.165) is 0 Å². The third kappa shape index (κ3) is 5.96. The molecule has 0 radical (unpaired) electrons. The normalized spacial score (nSPS) is 13.3. The molecule has 1 amide bonds. The Labute approximate surface area is 81.7 Å². The molecule has 1 atom stereocenters. The molecule has 0 heterocycles. The number of hydrogen-bond acceptors (Lipinski definition) is 3. The zero-order valence-electron chi connectivity index (χ0n) is 7.80. The van der Waals surface area contributed by atoms with Gasteiger partial charge in [0.2, 0.25) is 5.91 Å². The Balaban J connectivity index is 3.80. The molecule has 0 aliphatic rings. The zero-order chi connectivity index (χ0) is 11.0. The van der Waals surface area contributed by atoms with Crippen molar-refractivity contribution in [1.82, 2.24) is 5.32 Å². The number of aliphatic hydroxyl groups is 1. The lowest BCUT2D eigenvalue weighted by atomic mass is 10.3. The van der Waals surface area contributed by atoms with E-state index in [9.17, 15) is 9.59 Å². The van der Waals surface area contributed by atoms with Gasteiger partial charge in [0.05, 0.1) is 6.54 Å². The largest absolute Gasteiger partial charge is 0.479 e. The average Bonchev–Trinajstić information content (AvgIpc) is 2.14. The third-order valence-corrected chi connectivity index (χ3v) is 1.31. The summed E-state index contributed by atoms with van der Waals surface area (Å²) in [5.74, 6) is -1.80. The monoisotopic (exact) mass is 199 g/mol. The third-order valence-electron chi connectivity index (χ3n) is 1.31. The lowest BCUT2D eigenvalue weighted by Crippen LogP contribution is -2.35. The van der Waals surface area contributed by atoms with E-state index >= 15 is 0 Å². The van der Waals surface area contributed by atoms with Gasteiger partial charge in [0.1, 0.15) is 0 Å². The number of aliphatic hydroxyl groups excluding tert-OH is 1. The highest BCUT2D eigenvalue weighted by atomic mass is 16.4. The smallest absolute Gasteiger partial charge is 0.334 e. The summed E-state index contributed by atoms with van der Waals surface area (Å²) in [6.07, 6.45) is 4.61. The predicted octanol–water partition coefficient (Wildman–Crippen LogP) is -0.320. The van der Waals surface area contributed by atoms with Gasteiger partial charge in [-0.3, -0.25) is 4.79 Å². The number of nitrogens with one attached hydrogen (secondary N) is 1. The molecule has 0 aliphatic carbocycles. The minimum Gasteiger partial charge on any atom is -0.479 e. The molecule has 0 spiro atoms. The molecule has 0 aliphatic heterocycles. The van der Waals surface area contributed by atoms with E-state index in [-0.39, 0.29) is 6.54 Å². The second-order valence-corrected chi connectivity index (χ2v) is 2.48. The van der Waals surface area contributed by atoms with E-state index in [1.54, 1.807) is 19.1 Å². The van der Waals surface area contributed by atoms with Gasteiger partial charge in [-0.15, -0.1) is 0 Å². The molecule has 0 aromatic carbocycles. The van der Waals surface area contributed by atoms with Crippen LogP contribution in [-0.2, 0) is 9.59 Å². The van der Waals surface area contributed by atoms with Crippen molar-refractivity contribution in [2.45, 2.75) is 13.0 Å². The minimum atomic E-state index is -1.56. The fraction of sp³-hybridized carbons (Fsp3) is 0.333. The van der Waals surface area contributed by atoms with Gasteiger partial charge in [0, 0.05) is 6.08 Å². The minimum absolute atomic E-state index is 0.297. The quantitative estimate of drug-likeness (QED) is 0.418. The Hall–Kier alpha value is -1.62. The first-order valence-corrected chi connectivity index (χ1v) is 4.06. The van der Waals surface area contributed by atoms with Crippen LogP contribution in [0.15, 0.2) is 24.3 Å². The van der Waals surface area contributed by atoms with Crippen LogP contribution in [0.4, 0.5) is 0 Å². The molecule has 0 bridgehead atoms. The van der Waals surface area contributed by atoms with Crippen LogP contribution in [0.1, 0.15) is 6.92 Å². The SMILES string of the molecule is CC=CC=CC(=O)NC[C@H](O)C(=O)O. The summed E-state index contributed by atoms with van der Waals surface area (Å²) < 4.78 is 0. The van der Waals surface area contributed by atoms with E-state index in [2.05, 4.69) is 5.32 Å². The molecule has 0 aromatic rings. The van der Waals surface area contributed by atoms with E-state index in [1.165, 1.54) is 12.2 Å². The van der Waals surface area contributed by atoms with Gasteiger partial charge in [-0.2, -0.15) is 0 Å². The molecule has 0 saturated heterocycles. The second kappa shape index (κ2) is 6.85. The first kappa shape index (κ1) is 12.4. The van der Waals surface area contributed by atoms with Crippen LogP contribution >= 0.6 is 0 Å². The highest BCUT2D eigenvalue weighted by Crippen LogP contribution is 1.81. The fourth-order valence-corrected chi connectivity index (χ4v) is 0.598. The van der Waals surface area contributed by atoms with E-state index in [1.807, 2.05) is 0 Å². The second-order valence-electron chi connectivity index (χ2n) is 2.48. The van der Waals surface area contributed by atoms with Crippen LogP contribution in [-0.4, -0.2) is 34.7 Å². The Morgan fingerprint density at radius 2 is 2.07 bits per heavy atom. The maximum Gasteiger partial charge on any atom is 0.334 e. The number of allylic oxidation sites excluding steroid dienone is 3. The fourth-order valence-electron chi connectivity index (χ4n) is 0.598. The number of carboxylic acid groups (broad SMARTS) is 1. The van der Waals surface area contributed by atoms with Crippen LogP contribution in [0.2, 0.25) is 0 Å². The first-order valence-electron chi connectivity index (χ1n) is 4.06. The summed E-state index contributed by atoms with van der Waals surface area (Å²) in [5.41, 5.74) is 0. The van der Waals surface area contributed by atoms with Crippen molar-refractivity contribution in [3.05, 3.63) is 24.3 Å². The van der Waals surface area contributed by atoms with Crippen molar-refractivity contribution in [3.8, 4) is 0 Å². The van der Waals surface area contributed by atoms with E-state index in [4.69, 9.17) is 10.2 Å². The van der Waals surface area contributed by atoms with Crippen molar-refractivity contribution >= 4 is 11.9 Å². The van der Waals surface area contributed by atoms with Crippen molar-refractivity contribution < 1.29 is 19.8 Å². The first-order chi connectivity index (χ1) is 6.57. The van der Waals surface area contributed by atoms with Crippen LogP contribution in [0, 0.1) is 0 Å². The molecular weight excluding hydrogens is 186 g/mol. The van der Waals surface area contributed by atoms with Crippen LogP contribution < -0.4 is 5.32 Å². The van der Waals surface area contributed by atoms with Gasteiger partial charge in [0.25, 0.3) is 0 Å². The number of amides is 1. The molecule has 0 aromatic heterocycles. The number of rotatable bonds is 5. The van der Waals surface area contributed by atoms with Crippen molar-refractivity contribution in [2.24, 2.45) is 0 Å². The standard InChI is InChI=1S/C9H13NO4/c1-2-3-4-5-8(12)10-6-7(11)9(13)14/h2-5,7,11H,6H2,1H3,(H,10,12)(H,13,14)/t7-/m0/s1. The summed E-state index contributed by atoms with van der Waals surface area (Å²) in [6, 6.07) is 0. The van der Waals surface area contributed by atoms with Crippen LogP contribution in [0.3, 0.4) is 0 Å². The number of carbonyl (C=O) groups excluding carboxylic acids is 1. The molecule has 0 unspecified atom stereocenters. The Bertz CT molecular complexity index is 258. The van der Waals surface area contributed by atoms with Crippen molar-refractivity contribution in [2.75, 3.05) is 6.54 Å².